The first-order valence-corrected chi connectivity index (χ1v) is 10.6. The van der Waals surface area contributed by atoms with Crippen LogP contribution in [0.2, 0.25) is 0 Å². The van der Waals surface area contributed by atoms with E-state index in [2.05, 4.69) is 21.6 Å². The van der Waals surface area contributed by atoms with Crippen LogP contribution in [0, 0.1) is 19.8 Å². The summed E-state index contributed by atoms with van der Waals surface area (Å²) in [4.78, 5) is 12.8. The fraction of sp³-hybridized carbons (Fsp3) is 0.333. The Morgan fingerprint density at radius 3 is 2.57 bits per heavy atom. The van der Waals surface area contributed by atoms with Gasteiger partial charge in [0.15, 0.2) is 11.5 Å². The zero-order valence-electron chi connectivity index (χ0n) is 17.4. The minimum absolute atomic E-state index is 0.117. The molecule has 2 heterocycles. The molecule has 1 saturated carbocycles. The lowest BCUT2D eigenvalue weighted by atomic mass is 9.88. The number of carbonyl (C=O) groups is 1. The van der Waals surface area contributed by atoms with Crippen LogP contribution in [0.15, 0.2) is 42.5 Å². The smallest absolute Gasteiger partial charge is 0.227 e. The van der Waals surface area contributed by atoms with E-state index < -0.39 is 0 Å². The quantitative estimate of drug-likeness (QED) is 0.521. The highest BCUT2D eigenvalue weighted by Crippen LogP contribution is 2.29. The molecular weight excluding hydrogens is 374 g/mol. The van der Waals surface area contributed by atoms with Crippen LogP contribution >= 0.6 is 0 Å². The van der Waals surface area contributed by atoms with Crippen molar-refractivity contribution in [2.24, 2.45) is 5.92 Å². The van der Waals surface area contributed by atoms with Crippen molar-refractivity contribution < 1.29 is 4.79 Å². The molecule has 1 aliphatic rings. The van der Waals surface area contributed by atoms with E-state index in [9.17, 15) is 4.79 Å². The molecule has 1 amide bonds. The summed E-state index contributed by atoms with van der Waals surface area (Å²) >= 11 is 0. The van der Waals surface area contributed by atoms with E-state index in [-0.39, 0.29) is 11.8 Å². The van der Waals surface area contributed by atoms with Crippen LogP contribution < -0.4 is 5.32 Å². The van der Waals surface area contributed by atoms with E-state index in [0.717, 1.165) is 64.6 Å². The van der Waals surface area contributed by atoms with Crippen LogP contribution in [0.25, 0.3) is 27.8 Å². The van der Waals surface area contributed by atoms with Gasteiger partial charge in [0.25, 0.3) is 0 Å². The lowest BCUT2D eigenvalue weighted by Crippen LogP contribution is -2.25. The molecule has 0 aliphatic heterocycles. The number of aryl methyl sites for hydroxylation is 2. The maximum atomic E-state index is 12.8. The Morgan fingerprint density at radius 1 is 1.00 bits per heavy atom. The van der Waals surface area contributed by atoms with E-state index in [1.54, 1.807) is 4.52 Å². The molecule has 2 aromatic carbocycles. The fourth-order valence-electron chi connectivity index (χ4n) is 4.42. The normalized spacial score (nSPS) is 15.0. The Morgan fingerprint density at radius 2 is 1.77 bits per heavy atom. The van der Waals surface area contributed by atoms with Gasteiger partial charge in [0.1, 0.15) is 0 Å². The van der Waals surface area contributed by atoms with Crippen molar-refractivity contribution in [2.75, 3.05) is 5.32 Å². The van der Waals surface area contributed by atoms with Crippen LogP contribution in [0.3, 0.4) is 0 Å². The molecule has 30 heavy (non-hydrogen) atoms. The molecule has 152 valence electrons. The van der Waals surface area contributed by atoms with E-state index in [1.807, 2.05) is 50.2 Å². The van der Waals surface area contributed by atoms with Gasteiger partial charge in [-0.25, -0.2) is 0 Å². The first-order chi connectivity index (χ1) is 14.6. The van der Waals surface area contributed by atoms with Gasteiger partial charge in [-0.1, -0.05) is 55.7 Å². The summed E-state index contributed by atoms with van der Waals surface area (Å²) in [5.74, 6) is 0.916. The van der Waals surface area contributed by atoms with Crippen molar-refractivity contribution in [1.29, 1.82) is 0 Å². The summed E-state index contributed by atoms with van der Waals surface area (Å²) in [5, 5.41) is 18.8. The lowest BCUT2D eigenvalue weighted by Gasteiger charge is -2.21. The minimum atomic E-state index is 0.117. The number of carbonyl (C=O) groups excluding carboxylic acids is 1. The molecule has 5 rings (SSSR count). The Hall–Kier alpha value is -3.28. The largest absolute Gasteiger partial charge is 0.326 e. The van der Waals surface area contributed by atoms with Crippen LogP contribution in [0.1, 0.15) is 43.4 Å². The molecule has 6 nitrogen and oxygen atoms in total. The summed E-state index contributed by atoms with van der Waals surface area (Å²) in [5.41, 5.74) is 4.41. The molecule has 0 unspecified atom stereocenters. The second-order valence-electron chi connectivity index (χ2n) is 8.24. The van der Waals surface area contributed by atoms with Gasteiger partial charge in [-0.3, -0.25) is 4.79 Å². The molecule has 0 bridgehead atoms. The maximum Gasteiger partial charge on any atom is 0.227 e. The van der Waals surface area contributed by atoms with Gasteiger partial charge in [-0.05, 0) is 38.3 Å². The number of fused-ring (bicyclic) bond motifs is 3. The summed E-state index contributed by atoms with van der Waals surface area (Å²) in [6, 6.07) is 14.1. The number of hydrogen-bond acceptors (Lipinski definition) is 4. The molecule has 0 saturated heterocycles. The SMILES string of the molecule is Cc1ccc(-c2nnc3c4ccccc4c(C)nn23)cc1NC(=O)C1CCCCC1. The second-order valence-corrected chi connectivity index (χ2v) is 8.24. The van der Waals surface area contributed by atoms with Crippen molar-refractivity contribution in [3.8, 4) is 11.4 Å². The van der Waals surface area contributed by atoms with Crippen molar-refractivity contribution >= 4 is 28.0 Å². The highest BCUT2D eigenvalue weighted by atomic mass is 16.1. The van der Waals surface area contributed by atoms with Crippen LogP contribution in [0.4, 0.5) is 5.69 Å². The monoisotopic (exact) mass is 399 g/mol. The number of hydrogen-bond donors (Lipinski definition) is 1. The van der Waals surface area contributed by atoms with Crippen LogP contribution in [-0.4, -0.2) is 25.7 Å². The Bertz CT molecular complexity index is 1250. The van der Waals surface area contributed by atoms with E-state index in [0.29, 0.717) is 5.82 Å². The average molecular weight is 399 g/mol. The number of rotatable bonds is 3. The van der Waals surface area contributed by atoms with Gasteiger partial charge in [0.05, 0.1) is 5.69 Å². The van der Waals surface area contributed by atoms with Crippen LogP contribution in [0.5, 0.6) is 0 Å². The van der Waals surface area contributed by atoms with Crippen molar-refractivity contribution in [1.82, 2.24) is 19.8 Å². The summed E-state index contributed by atoms with van der Waals surface area (Å²) < 4.78 is 1.80. The first-order valence-electron chi connectivity index (χ1n) is 10.6. The number of anilines is 1. The summed E-state index contributed by atoms with van der Waals surface area (Å²) in [6.45, 7) is 4.01. The molecule has 0 spiro atoms. The van der Waals surface area contributed by atoms with Gasteiger partial charge in [-0.2, -0.15) is 9.61 Å². The Labute approximate surface area is 175 Å². The zero-order chi connectivity index (χ0) is 20.7. The molecule has 0 radical (unpaired) electrons. The van der Waals surface area contributed by atoms with Crippen molar-refractivity contribution in [2.45, 2.75) is 46.0 Å². The van der Waals surface area contributed by atoms with Crippen molar-refractivity contribution in [3.05, 3.63) is 53.7 Å². The van der Waals surface area contributed by atoms with Crippen LogP contribution in [-0.2, 0) is 4.79 Å². The number of nitrogens with zero attached hydrogens (tertiary/aromatic N) is 4. The highest BCUT2D eigenvalue weighted by molar-refractivity contribution is 5.96. The number of amides is 1. The van der Waals surface area contributed by atoms with Gasteiger partial charge in [0, 0.05) is 27.9 Å². The predicted octanol–water partition coefficient (Wildman–Crippen LogP) is 5.08. The first kappa shape index (κ1) is 18.7. The number of aromatic nitrogens is 4. The van der Waals surface area contributed by atoms with Gasteiger partial charge >= 0.3 is 0 Å². The van der Waals surface area contributed by atoms with Gasteiger partial charge in [0.2, 0.25) is 5.91 Å². The third-order valence-electron chi connectivity index (χ3n) is 6.18. The summed E-state index contributed by atoms with van der Waals surface area (Å²) in [6.07, 6.45) is 5.48. The van der Waals surface area contributed by atoms with E-state index >= 15 is 0 Å². The topological polar surface area (TPSA) is 72.2 Å². The van der Waals surface area contributed by atoms with Crippen molar-refractivity contribution in [3.63, 3.8) is 0 Å². The molecule has 1 aliphatic carbocycles. The molecule has 6 heteroatoms. The predicted molar refractivity (Wildman–Crippen MR) is 118 cm³/mol. The molecule has 1 N–H and O–H groups in total. The average Bonchev–Trinajstić information content (AvgIpc) is 3.20. The lowest BCUT2D eigenvalue weighted by molar-refractivity contribution is -0.120. The molecule has 2 aromatic heterocycles. The summed E-state index contributed by atoms with van der Waals surface area (Å²) in [7, 11) is 0. The number of benzene rings is 2. The maximum absolute atomic E-state index is 12.8. The third-order valence-corrected chi connectivity index (χ3v) is 6.18. The minimum Gasteiger partial charge on any atom is -0.326 e. The molecule has 4 aromatic rings. The molecular formula is C24H25N5O. The molecule has 1 fully saturated rings. The molecule has 0 atom stereocenters. The fourth-order valence-corrected chi connectivity index (χ4v) is 4.42. The highest BCUT2D eigenvalue weighted by Gasteiger charge is 2.22. The zero-order valence-corrected chi connectivity index (χ0v) is 17.4. The van der Waals surface area contributed by atoms with E-state index in [4.69, 9.17) is 5.10 Å². The standard InChI is InChI=1S/C24H25N5O/c1-15-12-13-18(14-21(15)25-24(30)17-8-4-3-5-9-17)22-26-27-23-20-11-7-6-10-19(20)16(2)28-29(22)23/h6-7,10-14,17H,3-5,8-9H2,1-2H3,(H,25,30). The third kappa shape index (κ3) is 3.22. The Balaban J connectivity index is 1.54. The number of nitrogens with one attached hydrogen (secondary N) is 1. The van der Waals surface area contributed by atoms with E-state index in [1.165, 1.54) is 6.42 Å². The second kappa shape index (κ2) is 7.52. The van der Waals surface area contributed by atoms with Gasteiger partial charge < -0.3 is 5.32 Å². The van der Waals surface area contributed by atoms with Gasteiger partial charge in [-0.15, -0.1) is 10.2 Å². The Kier molecular flexibility index (Phi) is 4.69.